The molecule has 0 saturated carbocycles. The van der Waals surface area contributed by atoms with Crippen LogP contribution >= 0.6 is 0 Å². The van der Waals surface area contributed by atoms with Crippen LogP contribution in [0.1, 0.15) is 37.9 Å². The van der Waals surface area contributed by atoms with Crippen molar-refractivity contribution in [2.24, 2.45) is 5.73 Å². The van der Waals surface area contributed by atoms with Crippen LogP contribution in [0.5, 0.6) is 0 Å². The zero-order chi connectivity index (χ0) is 11.4. The van der Waals surface area contributed by atoms with Crippen molar-refractivity contribution < 1.29 is 9.26 Å². The standard InChI is InChI=1S/C11H19N3O2/c1-2-8(12)6-10-13-11(16-14-10)7-9-4-3-5-15-9/h8-9H,2-7,12H2,1H3. The van der Waals surface area contributed by atoms with Gasteiger partial charge in [-0.25, -0.2) is 0 Å². The Hall–Kier alpha value is -0.940. The Balaban J connectivity index is 1.86. The summed E-state index contributed by atoms with van der Waals surface area (Å²) in [6, 6.07) is 0.119. The maximum atomic E-state index is 5.83. The fraction of sp³-hybridized carbons (Fsp3) is 0.818. The highest BCUT2D eigenvalue weighted by Gasteiger charge is 2.19. The van der Waals surface area contributed by atoms with Crippen molar-refractivity contribution in [1.82, 2.24) is 10.1 Å². The second-order valence-electron chi connectivity index (χ2n) is 4.32. The normalized spacial score (nSPS) is 22.5. The van der Waals surface area contributed by atoms with Gasteiger partial charge in [-0.15, -0.1) is 0 Å². The average molecular weight is 225 g/mol. The van der Waals surface area contributed by atoms with E-state index in [4.69, 9.17) is 15.0 Å². The first kappa shape index (κ1) is 11.5. The average Bonchev–Trinajstić information content (AvgIpc) is 2.91. The van der Waals surface area contributed by atoms with Gasteiger partial charge in [0.2, 0.25) is 5.89 Å². The van der Waals surface area contributed by atoms with Crippen molar-refractivity contribution in [2.45, 2.75) is 51.2 Å². The third kappa shape index (κ3) is 3.02. The maximum absolute atomic E-state index is 5.83. The van der Waals surface area contributed by atoms with Crippen molar-refractivity contribution >= 4 is 0 Å². The van der Waals surface area contributed by atoms with Gasteiger partial charge in [-0.2, -0.15) is 4.98 Å². The number of rotatable bonds is 5. The Bertz CT molecular complexity index is 321. The minimum atomic E-state index is 0.119. The van der Waals surface area contributed by atoms with Crippen LogP contribution in [0.3, 0.4) is 0 Å². The van der Waals surface area contributed by atoms with E-state index in [9.17, 15) is 0 Å². The van der Waals surface area contributed by atoms with Gasteiger partial charge in [-0.1, -0.05) is 12.1 Å². The van der Waals surface area contributed by atoms with Crippen LogP contribution in [0.2, 0.25) is 0 Å². The van der Waals surface area contributed by atoms with E-state index in [-0.39, 0.29) is 12.1 Å². The summed E-state index contributed by atoms with van der Waals surface area (Å²) >= 11 is 0. The van der Waals surface area contributed by atoms with Gasteiger partial charge in [-0.05, 0) is 19.3 Å². The summed E-state index contributed by atoms with van der Waals surface area (Å²) in [6.45, 7) is 2.91. The quantitative estimate of drug-likeness (QED) is 0.811. The fourth-order valence-corrected chi connectivity index (χ4v) is 1.83. The summed E-state index contributed by atoms with van der Waals surface area (Å²) < 4.78 is 10.7. The zero-order valence-corrected chi connectivity index (χ0v) is 9.69. The largest absolute Gasteiger partial charge is 0.378 e. The molecule has 2 unspecified atom stereocenters. The van der Waals surface area contributed by atoms with Crippen LogP contribution in [0, 0.1) is 0 Å². The molecule has 0 amide bonds. The molecule has 0 radical (unpaired) electrons. The second kappa shape index (κ2) is 5.41. The lowest BCUT2D eigenvalue weighted by Crippen LogP contribution is -2.22. The number of nitrogens with two attached hydrogens (primary N) is 1. The molecule has 2 rings (SSSR count). The Morgan fingerprint density at radius 2 is 2.44 bits per heavy atom. The first-order valence-electron chi connectivity index (χ1n) is 5.96. The van der Waals surface area contributed by atoms with E-state index in [1.165, 1.54) is 0 Å². The molecule has 5 nitrogen and oxygen atoms in total. The minimum Gasteiger partial charge on any atom is -0.378 e. The number of ether oxygens (including phenoxy) is 1. The second-order valence-corrected chi connectivity index (χ2v) is 4.32. The molecular formula is C11H19N3O2. The highest BCUT2D eigenvalue weighted by molar-refractivity contribution is 4.91. The van der Waals surface area contributed by atoms with Gasteiger partial charge in [-0.3, -0.25) is 0 Å². The topological polar surface area (TPSA) is 74.2 Å². The molecule has 5 heteroatoms. The Morgan fingerprint density at radius 1 is 1.56 bits per heavy atom. The highest BCUT2D eigenvalue weighted by Crippen LogP contribution is 2.16. The molecule has 1 aliphatic heterocycles. The molecule has 0 spiro atoms. The Morgan fingerprint density at radius 3 is 3.12 bits per heavy atom. The van der Waals surface area contributed by atoms with Gasteiger partial charge < -0.3 is 15.0 Å². The number of hydrogen-bond acceptors (Lipinski definition) is 5. The van der Waals surface area contributed by atoms with Crippen molar-refractivity contribution in [3.05, 3.63) is 11.7 Å². The van der Waals surface area contributed by atoms with E-state index in [2.05, 4.69) is 17.1 Å². The SMILES string of the molecule is CCC(N)Cc1noc(CC2CCCO2)n1. The molecule has 1 fully saturated rings. The smallest absolute Gasteiger partial charge is 0.229 e. The molecular weight excluding hydrogens is 206 g/mol. The molecule has 90 valence electrons. The van der Waals surface area contributed by atoms with E-state index in [1.807, 2.05) is 0 Å². The summed E-state index contributed by atoms with van der Waals surface area (Å²) in [5.74, 6) is 1.38. The van der Waals surface area contributed by atoms with Crippen molar-refractivity contribution in [1.29, 1.82) is 0 Å². The molecule has 1 saturated heterocycles. The molecule has 1 aromatic rings. The van der Waals surface area contributed by atoms with E-state index in [0.717, 1.165) is 32.3 Å². The zero-order valence-electron chi connectivity index (χ0n) is 9.69. The third-order valence-corrected chi connectivity index (χ3v) is 2.91. The van der Waals surface area contributed by atoms with E-state index in [1.54, 1.807) is 0 Å². The fourth-order valence-electron chi connectivity index (χ4n) is 1.83. The Kier molecular flexibility index (Phi) is 3.90. The highest BCUT2D eigenvalue weighted by atomic mass is 16.5. The monoisotopic (exact) mass is 225 g/mol. The van der Waals surface area contributed by atoms with Crippen LogP contribution in [-0.2, 0) is 17.6 Å². The van der Waals surface area contributed by atoms with Gasteiger partial charge in [0.25, 0.3) is 0 Å². The van der Waals surface area contributed by atoms with Crippen LogP contribution in [0.25, 0.3) is 0 Å². The Labute approximate surface area is 95.3 Å². The third-order valence-electron chi connectivity index (χ3n) is 2.91. The van der Waals surface area contributed by atoms with Crippen molar-refractivity contribution in [2.75, 3.05) is 6.61 Å². The lowest BCUT2D eigenvalue weighted by molar-refractivity contribution is 0.104. The van der Waals surface area contributed by atoms with Gasteiger partial charge >= 0.3 is 0 Å². The number of hydrogen-bond donors (Lipinski definition) is 1. The molecule has 1 aromatic heterocycles. The molecule has 1 aliphatic rings. The van der Waals surface area contributed by atoms with E-state index < -0.39 is 0 Å². The summed E-state index contributed by atoms with van der Waals surface area (Å²) in [5.41, 5.74) is 5.83. The molecule has 0 aliphatic carbocycles. The van der Waals surface area contributed by atoms with Gasteiger partial charge in [0.1, 0.15) is 0 Å². The predicted octanol–water partition coefficient (Wildman–Crippen LogP) is 1.07. The van der Waals surface area contributed by atoms with Gasteiger partial charge in [0.05, 0.1) is 12.5 Å². The molecule has 0 bridgehead atoms. The van der Waals surface area contributed by atoms with E-state index >= 15 is 0 Å². The number of nitrogens with zero attached hydrogens (tertiary/aromatic N) is 2. The van der Waals surface area contributed by atoms with Crippen molar-refractivity contribution in [3.8, 4) is 0 Å². The lowest BCUT2D eigenvalue weighted by atomic mass is 10.1. The predicted molar refractivity (Wildman–Crippen MR) is 58.9 cm³/mol. The van der Waals surface area contributed by atoms with Crippen LogP contribution in [-0.4, -0.2) is 28.9 Å². The molecule has 0 aromatic carbocycles. The molecule has 16 heavy (non-hydrogen) atoms. The van der Waals surface area contributed by atoms with Gasteiger partial charge in [0, 0.05) is 19.1 Å². The summed E-state index contributed by atoms with van der Waals surface area (Å²) in [6.07, 6.45) is 4.82. The summed E-state index contributed by atoms with van der Waals surface area (Å²) in [5, 5.41) is 3.92. The van der Waals surface area contributed by atoms with Crippen LogP contribution < -0.4 is 5.73 Å². The summed E-state index contributed by atoms with van der Waals surface area (Å²) in [4.78, 5) is 4.32. The minimum absolute atomic E-state index is 0.119. The van der Waals surface area contributed by atoms with Crippen LogP contribution in [0.15, 0.2) is 4.52 Å². The number of aromatic nitrogens is 2. The molecule has 2 atom stereocenters. The molecule has 2 heterocycles. The molecule has 2 N–H and O–H groups in total. The first-order valence-corrected chi connectivity index (χ1v) is 5.96. The summed E-state index contributed by atoms with van der Waals surface area (Å²) in [7, 11) is 0. The maximum Gasteiger partial charge on any atom is 0.229 e. The van der Waals surface area contributed by atoms with Gasteiger partial charge in [0.15, 0.2) is 5.82 Å². The van der Waals surface area contributed by atoms with Crippen molar-refractivity contribution in [3.63, 3.8) is 0 Å². The van der Waals surface area contributed by atoms with Crippen LogP contribution in [0.4, 0.5) is 0 Å². The van der Waals surface area contributed by atoms with E-state index in [0.29, 0.717) is 18.1 Å². The first-order chi connectivity index (χ1) is 7.78. The lowest BCUT2D eigenvalue weighted by Gasteiger charge is -2.04.